The number of hydrogen-bond acceptors (Lipinski definition) is 15. The molecule has 0 aliphatic rings. The van der Waals surface area contributed by atoms with Crippen LogP contribution in [0.15, 0.2) is 0 Å². The van der Waals surface area contributed by atoms with Gasteiger partial charge in [-0.1, -0.05) is 343 Å². The summed E-state index contributed by atoms with van der Waals surface area (Å²) in [7, 11) is -9.90. The number of carbonyl (C=O) groups excluding carboxylic acids is 4. The molecule has 0 bridgehead atoms. The molecule has 564 valence electrons. The van der Waals surface area contributed by atoms with Gasteiger partial charge in [0.1, 0.15) is 19.3 Å². The van der Waals surface area contributed by atoms with E-state index in [-0.39, 0.29) is 25.7 Å². The number of hydrogen-bond donors (Lipinski definition) is 3. The number of aliphatic hydroxyl groups is 1. The smallest absolute Gasteiger partial charge is 0.462 e. The van der Waals surface area contributed by atoms with Crippen LogP contribution in [-0.2, 0) is 65.4 Å². The van der Waals surface area contributed by atoms with Crippen LogP contribution in [0.25, 0.3) is 0 Å². The summed E-state index contributed by atoms with van der Waals surface area (Å²) in [5.74, 6) is -0.574. The highest BCUT2D eigenvalue weighted by Gasteiger charge is 2.30. The Hall–Kier alpha value is -1.94. The zero-order chi connectivity index (χ0) is 70.0. The van der Waals surface area contributed by atoms with Crippen molar-refractivity contribution < 1.29 is 80.2 Å². The van der Waals surface area contributed by atoms with Gasteiger partial charge in [-0.15, -0.1) is 0 Å². The summed E-state index contributed by atoms with van der Waals surface area (Å²) in [4.78, 5) is 72.7. The van der Waals surface area contributed by atoms with Gasteiger partial charge in [-0.25, -0.2) is 9.13 Å². The van der Waals surface area contributed by atoms with Crippen molar-refractivity contribution in [2.24, 2.45) is 11.8 Å². The van der Waals surface area contributed by atoms with Gasteiger partial charge in [0, 0.05) is 25.7 Å². The molecule has 0 aromatic heterocycles. The van der Waals surface area contributed by atoms with E-state index in [1.807, 2.05) is 0 Å². The maximum Gasteiger partial charge on any atom is 0.472 e. The Morgan fingerprint density at radius 1 is 0.284 bits per heavy atom. The quantitative estimate of drug-likeness (QED) is 0.0222. The van der Waals surface area contributed by atoms with Crippen LogP contribution in [0, 0.1) is 11.8 Å². The van der Waals surface area contributed by atoms with Crippen molar-refractivity contribution >= 4 is 39.5 Å². The van der Waals surface area contributed by atoms with Crippen LogP contribution in [0.2, 0.25) is 0 Å². The molecule has 0 fully saturated rings. The Kier molecular flexibility index (Phi) is 66.5. The van der Waals surface area contributed by atoms with E-state index in [0.717, 1.165) is 115 Å². The van der Waals surface area contributed by atoms with Crippen molar-refractivity contribution in [3.8, 4) is 0 Å². The van der Waals surface area contributed by atoms with Crippen molar-refractivity contribution in [3.63, 3.8) is 0 Å². The molecule has 2 unspecified atom stereocenters. The third-order valence-corrected chi connectivity index (χ3v) is 19.6. The summed E-state index contributed by atoms with van der Waals surface area (Å²) in [5.41, 5.74) is 0. The molecule has 17 nitrogen and oxygen atoms in total. The molecule has 0 aromatic carbocycles. The number of phosphoric ester groups is 2. The predicted molar refractivity (Wildman–Crippen MR) is 386 cm³/mol. The minimum absolute atomic E-state index is 0.105. The number of rotatable bonds is 75. The Morgan fingerprint density at radius 2 is 0.484 bits per heavy atom. The molecule has 5 atom stereocenters. The van der Waals surface area contributed by atoms with Crippen LogP contribution in [0.1, 0.15) is 395 Å². The minimum atomic E-state index is -4.96. The SMILES string of the molecule is CCCCCCCCCCCCCCCCCCCC(=O)OC[C@H](COP(=O)(O)OC[C@@H](O)COP(=O)(O)OC[C@@H](COC(=O)CCCCCCCCC)OC(=O)CCCCCCCCCCCC(C)C)OC(=O)CCCCCCCCCCCCCCCCCCC(C)C. The molecule has 95 heavy (non-hydrogen) atoms. The van der Waals surface area contributed by atoms with Gasteiger partial charge in [0.05, 0.1) is 26.4 Å². The number of carbonyl (C=O) groups is 4. The average Bonchev–Trinajstić information content (AvgIpc) is 1.80. The highest BCUT2D eigenvalue weighted by Crippen LogP contribution is 2.45. The third kappa shape index (κ3) is 70.3. The maximum absolute atomic E-state index is 13.1. The van der Waals surface area contributed by atoms with Crippen LogP contribution < -0.4 is 0 Å². The zero-order valence-electron chi connectivity index (χ0n) is 62.0. The van der Waals surface area contributed by atoms with Gasteiger partial charge in [-0.05, 0) is 37.5 Å². The van der Waals surface area contributed by atoms with E-state index in [4.69, 9.17) is 37.0 Å². The van der Waals surface area contributed by atoms with Crippen LogP contribution in [-0.4, -0.2) is 96.7 Å². The second-order valence-electron chi connectivity index (χ2n) is 28.3. The Balaban J connectivity index is 5.18. The fraction of sp³-hybridized carbons (Fsp3) is 0.947. The fourth-order valence-electron chi connectivity index (χ4n) is 11.7. The van der Waals surface area contributed by atoms with Gasteiger partial charge in [0.15, 0.2) is 12.2 Å². The summed E-state index contributed by atoms with van der Waals surface area (Å²) in [5, 5.41) is 10.6. The molecule has 0 amide bonds. The zero-order valence-corrected chi connectivity index (χ0v) is 63.8. The van der Waals surface area contributed by atoms with Gasteiger partial charge in [-0.3, -0.25) is 37.3 Å². The normalized spacial score (nSPS) is 14.0. The molecule has 0 radical (unpaired) electrons. The highest BCUT2D eigenvalue weighted by molar-refractivity contribution is 7.47. The van der Waals surface area contributed by atoms with Crippen molar-refractivity contribution in [1.82, 2.24) is 0 Å². The first-order valence-corrected chi connectivity index (χ1v) is 42.5. The average molecular weight is 1400 g/mol. The van der Waals surface area contributed by atoms with E-state index < -0.39 is 97.5 Å². The summed E-state index contributed by atoms with van der Waals surface area (Å²) in [6.07, 6.45) is 55.7. The van der Waals surface area contributed by atoms with Crippen molar-refractivity contribution in [1.29, 1.82) is 0 Å². The van der Waals surface area contributed by atoms with Crippen molar-refractivity contribution in [3.05, 3.63) is 0 Å². The third-order valence-electron chi connectivity index (χ3n) is 17.7. The summed E-state index contributed by atoms with van der Waals surface area (Å²) in [6.45, 7) is 9.56. The van der Waals surface area contributed by atoms with E-state index in [9.17, 15) is 43.2 Å². The highest BCUT2D eigenvalue weighted by atomic mass is 31.2. The molecule has 0 rings (SSSR count). The lowest BCUT2D eigenvalue weighted by molar-refractivity contribution is -0.161. The van der Waals surface area contributed by atoms with E-state index in [2.05, 4.69) is 41.5 Å². The summed E-state index contributed by atoms with van der Waals surface area (Å²) >= 11 is 0. The van der Waals surface area contributed by atoms with Gasteiger partial charge >= 0.3 is 39.5 Å². The van der Waals surface area contributed by atoms with Gasteiger partial charge in [-0.2, -0.15) is 0 Å². The van der Waals surface area contributed by atoms with E-state index in [1.165, 1.54) is 199 Å². The molecule has 0 saturated carbocycles. The minimum Gasteiger partial charge on any atom is -0.462 e. The summed E-state index contributed by atoms with van der Waals surface area (Å²) < 4.78 is 68.4. The number of ether oxygens (including phenoxy) is 4. The van der Waals surface area contributed by atoms with E-state index in [0.29, 0.717) is 25.7 Å². The number of aliphatic hydroxyl groups excluding tert-OH is 1. The van der Waals surface area contributed by atoms with E-state index >= 15 is 0 Å². The first-order valence-electron chi connectivity index (χ1n) is 39.5. The molecule has 0 aromatic rings. The van der Waals surface area contributed by atoms with Crippen molar-refractivity contribution in [2.75, 3.05) is 39.6 Å². The molecule has 0 aliphatic heterocycles. The molecular formula is C76H148O17P2. The predicted octanol–water partition coefficient (Wildman–Crippen LogP) is 22.3. The first-order chi connectivity index (χ1) is 45.9. The van der Waals surface area contributed by atoms with Gasteiger partial charge in [0.25, 0.3) is 0 Å². The molecule has 0 spiro atoms. The molecule has 0 aliphatic carbocycles. The molecular weight excluding hydrogens is 1250 g/mol. The topological polar surface area (TPSA) is 237 Å². The van der Waals surface area contributed by atoms with Gasteiger partial charge in [0.2, 0.25) is 0 Å². The van der Waals surface area contributed by atoms with E-state index in [1.54, 1.807) is 0 Å². The fourth-order valence-corrected chi connectivity index (χ4v) is 13.2. The number of phosphoric acid groups is 2. The van der Waals surface area contributed by atoms with Crippen LogP contribution >= 0.6 is 15.6 Å². The van der Waals surface area contributed by atoms with Crippen LogP contribution in [0.3, 0.4) is 0 Å². The molecule has 0 saturated heterocycles. The van der Waals surface area contributed by atoms with Crippen LogP contribution in [0.5, 0.6) is 0 Å². The lowest BCUT2D eigenvalue weighted by Gasteiger charge is -2.21. The summed E-state index contributed by atoms with van der Waals surface area (Å²) in [6, 6.07) is 0. The lowest BCUT2D eigenvalue weighted by Crippen LogP contribution is -2.30. The second kappa shape index (κ2) is 67.9. The largest absolute Gasteiger partial charge is 0.472 e. The van der Waals surface area contributed by atoms with Crippen LogP contribution in [0.4, 0.5) is 0 Å². The standard InChI is InChI=1S/C76H148O17P2/c1-7-9-11-13-15-16-17-18-19-20-24-27-30-35-41-47-53-59-74(79)87-65-72(93-75(80)60-54-48-42-36-31-28-25-22-21-23-26-29-33-39-44-50-56-68(3)4)67-91-95(84,85)89-63-70(77)62-88-94(82,83)90-66-71(64-86-73(78)58-52-46-38-14-12-10-8-2)92-76(81)61-55-49-43-37-32-34-40-45-51-57-69(5)6/h68-72,77H,7-67H2,1-6H3,(H,82,83)(H,84,85)/t70-,71+,72+/m0/s1. The number of unbranched alkanes of at least 4 members (excludes halogenated alkanes) is 45. The molecule has 19 heteroatoms. The first kappa shape index (κ1) is 93.1. The van der Waals surface area contributed by atoms with Crippen molar-refractivity contribution in [2.45, 2.75) is 413 Å². The monoisotopic (exact) mass is 1400 g/mol. The second-order valence-corrected chi connectivity index (χ2v) is 31.3. The Morgan fingerprint density at radius 3 is 0.716 bits per heavy atom. The Bertz CT molecular complexity index is 1840. The molecule has 0 heterocycles. The molecule has 3 N–H and O–H groups in total. The van der Waals surface area contributed by atoms with Gasteiger partial charge < -0.3 is 33.8 Å². The maximum atomic E-state index is 13.1. The Labute approximate surface area is 581 Å². The lowest BCUT2D eigenvalue weighted by atomic mass is 10.0. The number of esters is 4.